The zero-order valence-electron chi connectivity index (χ0n) is 7.33. The molecule has 1 radical (unpaired) electrons. The molecule has 0 unspecified atom stereocenters. The average molecular weight is 489 g/mol. The molecule has 0 aliphatic carbocycles. The predicted molar refractivity (Wildman–Crippen MR) is 53.4 cm³/mol. The van der Waals surface area contributed by atoms with Gasteiger partial charge in [-0.3, -0.25) is 0 Å². The van der Waals surface area contributed by atoms with Gasteiger partial charge in [-0.05, 0) is 4.90 Å². The molecule has 0 aliphatic heterocycles. The van der Waals surface area contributed by atoms with Crippen LogP contribution >= 0.6 is 15.9 Å². The molecule has 1 rings (SSSR count). The largest absolute Gasteiger partial charge is 0.341 e. The summed E-state index contributed by atoms with van der Waals surface area (Å²) in [6.07, 6.45) is 0.559. The molecule has 0 fully saturated rings. The first-order valence-electron chi connectivity index (χ1n) is 3.47. The molecule has 6 heteroatoms. The summed E-state index contributed by atoms with van der Waals surface area (Å²) >= 11 is 3.12. The Morgan fingerprint density at radius 3 is 2.50 bits per heavy atom. The van der Waals surface area contributed by atoms with Crippen molar-refractivity contribution < 1.29 is 52.5 Å². The maximum atomic E-state index is 11.0. The first-order chi connectivity index (χ1) is 5.95. The Labute approximate surface area is 128 Å². The topological polar surface area (TPSA) is 60.2 Å². The van der Waals surface area contributed by atoms with E-state index in [2.05, 4.69) is 28.9 Å². The van der Waals surface area contributed by atoms with E-state index < -0.39 is 10.0 Å². The van der Waals surface area contributed by atoms with Gasteiger partial charge >= 0.3 is 0 Å². The van der Waals surface area contributed by atoms with Crippen LogP contribution < -0.4 is 5.14 Å². The molecule has 0 saturated carbocycles. The number of sulfonamides is 1. The van der Waals surface area contributed by atoms with Crippen molar-refractivity contribution in [2.24, 2.45) is 5.14 Å². The van der Waals surface area contributed by atoms with Crippen LogP contribution in [0.2, 0.25) is 0 Å². The van der Waals surface area contributed by atoms with Crippen LogP contribution in [0.15, 0.2) is 21.5 Å². The van der Waals surface area contributed by atoms with Crippen molar-refractivity contribution in [1.82, 2.24) is 0 Å². The fourth-order valence-corrected chi connectivity index (χ4v) is 2.48. The van der Waals surface area contributed by atoms with E-state index in [4.69, 9.17) is 5.14 Å². The summed E-state index contributed by atoms with van der Waals surface area (Å²) in [6.45, 7) is 3.66. The molecule has 0 saturated heterocycles. The molecule has 0 atom stereocenters. The van der Waals surface area contributed by atoms with Crippen molar-refractivity contribution in [3.05, 3.63) is 35.2 Å². The second-order valence-corrected chi connectivity index (χ2v) is 4.85. The van der Waals surface area contributed by atoms with Crippen LogP contribution in [0.5, 0.6) is 0 Å². The summed E-state index contributed by atoms with van der Waals surface area (Å²) in [5.74, 6) is 0. The fourth-order valence-electron chi connectivity index (χ4n) is 0.855. The number of nitrogens with two attached hydrogens (primary N) is 1. The Kier molecular flexibility index (Phi) is 6.40. The molecule has 0 aromatic heterocycles. The number of hydrogen-bond acceptors (Lipinski definition) is 2. The van der Waals surface area contributed by atoms with E-state index in [-0.39, 0.29) is 49.0 Å². The molecule has 3 nitrogen and oxygen atoms in total. The van der Waals surface area contributed by atoms with E-state index in [1.165, 1.54) is 6.07 Å². The van der Waals surface area contributed by atoms with Gasteiger partial charge in [0.15, 0.2) is 10.0 Å². The molecule has 0 spiro atoms. The minimum Gasteiger partial charge on any atom is -0.341 e. The Morgan fingerprint density at radius 1 is 1.57 bits per heavy atom. The van der Waals surface area contributed by atoms with Crippen LogP contribution in [0.25, 0.3) is 0 Å². The van der Waals surface area contributed by atoms with Gasteiger partial charge in [0.1, 0.15) is 0 Å². The number of halogens is 1. The normalized spacial score (nSPS) is 10.8. The first-order valence-corrected chi connectivity index (χ1v) is 5.81. The van der Waals surface area contributed by atoms with E-state index in [1.807, 2.05) is 0 Å². The van der Waals surface area contributed by atoms with Gasteiger partial charge in [-0.2, -0.15) is 30.2 Å². The second kappa shape index (κ2) is 5.95. The van der Waals surface area contributed by atoms with Gasteiger partial charge in [0.25, 0.3) is 0 Å². The molecule has 0 heterocycles. The number of rotatable bonds is 2. The average Bonchev–Trinajstić information content (AvgIpc) is 2.01. The predicted octanol–water partition coefficient (Wildman–Crippen LogP) is 1.27. The molecular formula is C8H8AcBrNO2S-2. The van der Waals surface area contributed by atoms with E-state index in [0.29, 0.717) is 10.9 Å². The fraction of sp³-hybridized carbons (Fsp3) is 0.125. The zero-order chi connectivity index (χ0) is 10.1. The van der Waals surface area contributed by atoms with Gasteiger partial charge in [-0.1, -0.05) is 20.4 Å². The minimum absolute atomic E-state index is 0. The standard InChI is InChI=1S/C8H8BrNO2S.Ac/c1-2-6-3-4-8(7(9)5-6)13(10,11)12;/h4-5H,1-2H2,(H2,10,11,12);/q-2;. The number of benzene rings is 1. The summed E-state index contributed by atoms with van der Waals surface area (Å²) < 4.78 is 22.4. The van der Waals surface area contributed by atoms with Crippen molar-refractivity contribution >= 4 is 26.0 Å². The van der Waals surface area contributed by atoms with Crippen LogP contribution in [-0.4, -0.2) is 8.42 Å². The van der Waals surface area contributed by atoms with Crippen LogP contribution in [-0.2, 0) is 16.4 Å². The molecule has 1 aromatic carbocycles. The molecule has 0 aliphatic rings. The van der Waals surface area contributed by atoms with Gasteiger partial charge in [-0.15, -0.1) is 0 Å². The molecule has 1 aromatic rings. The summed E-state index contributed by atoms with van der Waals surface area (Å²) in [6, 6.07) is 5.78. The number of hydrogen-bond donors (Lipinski definition) is 1. The third-order valence-corrected chi connectivity index (χ3v) is 3.37. The Morgan fingerprint density at radius 2 is 2.14 bits per heavy atom. The minimum atomic E-state index is -3.66. The molecular weight excluding hydrogens is 481 g/mol. The smallest absolute Gasteiger partial charge is 0.192 e. The van der Waals surface area contributed by atoms with E-state index in [9.17, 15) is 8.42 Å². The monoisotopic (exact) mass is 488 g/mol. The summed E-state index contributed by atoms with van der Waals surface area (Å²) in [5, 5.41) is 4.96. The third-order valence-electron chi connectivity index (χ3n) is 1.50. The van der Waals surface area contributed by atoms with Crippen LogP contribution in [0, 0.1) is 57.1 Å². The Hall–Kier alpha value is 1.05. The zero-order valence-corrected chi connectivity index (χ0v) is 14.5. The molecule has 0 bridgehead atoms. The van der Waals surface area contributed by atoms with Crippen molar-refractivity contribution in [2.45, 2.75) is 11.3 Å². The summed E-state index contributed by atoms with van der Waals surface area (Å²) in [5.41, 5.74) is 0.833. The summed E-state index contributed by atoms with van der Waals surface area (Å²) in [7, 11) is -3.66. The van der Waals surface area contributed by atoms with Crippen LogP contribution in [0.4, 0.5) is 0 Å². The van der Waals surface area contributed by atoms with Crippen molar-refractivity contribution in [1.29, 1.82) is 0 Å². The van der Waals surface area contributed by atoms with Crippen molar-refractivity contribution in [2.75, 3.05) is 0 Å². The van der Waals surface area contributed by atoms with Gasteiger partial charge < -0.3 is 6.92 Å². The Balaban J connectivity index is 0.00000169. The van der Waals surface area contributed by atoms with Crippen LogP contribution in [0.3, 0.4) is 0 Å². The maximum absolute atomic E-state index is 11.0. The quantitative estimate of drug-likeness (QED) is 0.637. The van der Waals surface area contributed by atoms with E-state index >= 15 is 0 Å². The molecule has 14 heavy (non-hydrogen) atoms. The first kappa shape index (κ1) is 15.1. The van der Waals surface area contributed by atoms with Crippen LogP contribution in [0.1, 0.15) is 5.56 Å². The molecule has 75 valence electrons. The van der Waals surface area contributed by atoms with E-state index in [0.717, 1.165) is 5.56 Å². The van der Waals surface area contributed by atoms with Gasteiger partial charge in [0, 0.05) is 44.1 Å². The Bertz CT molecular complexity index is 419. The summed E-state index contributed by atoms with van der Waals surface area (Å²) in [4.78, 5) is 0.0460. The third kappa shape index (κ3) is 3.90. The van der Waals surface area contributed by atoms with Gasteiger partial charge in [0.05, 0.1) is 0 Å². The maximum Gasteiger partial charge on any atom is 0.192 e. The number of primary sulfonamides is 1. The van der Waals surface area contributed by atoms with Gasteiger partial charge in [-0.25, -0.2) is 13.6 Å². The van der Waals surface area contributed by atoms with Gasteiger partial charge in [0.2, 0.25) is 0 Å². The molecule has 0 amide bonds. The van der Waals surface area contributed by atoms with Crippen molar-refractivity contribution in [3.8, 4) is 0 Å². The second-order valence-electron chi connectivity index (χ2n) is 2.47. The van der Waals surface area contributed by atoms with Crippen molar-refractivity contribution in [3.63, 3.8) is 0 Å². The van der Waals surface area contributed by atoms with E-state index in [1.54, 1.807) is 6.07 Å². The SMILES string of the molecule is [Ac].[CH2-]Cc1[c-]cc(S(N)(=O)=O)c(Br)c1. The molecule has 2 N–H and O–H groups in total.